The van der Waals surface area contributed by atoms with Gasteiger partial charge in [0.05, 0.1) is 38.4 Å². The van der Waals surface area contributed by atoms with E-state index in [2.05, 4.69) is 9.88 Å². The number of aliphatic hydroxyl groups is 1. The van der Waals surface area contributed by atoms with Gasteiger partial charge in [0, 0.05) is 30.5 Å². The molecule has 3 aliphatic heterocycles. The lowest BCUT2D eigenvalue weighted by Crippen LogP contribution is -2.43. The molecule has 2 fully saturated rings. The second kappa shape index (κ2) is 11.0. The third-order valence-electron chi connectivity index (χ3n) is 9.11. The number of nitrogens with two attached hydrogens (primary N) is 1. The van der Waals surface area contributed by atoms with E-state index in [-0.39, 0.29) is 91.1 Å². The van der Waals surface area contributed by atoms with Crippen LogP contribution in [0.5, 0.6) is 11.8 Å². The number of aliphatic hydroxyl groups excluding tert-OH is 1. The first-order chi connectivity index (χ1) is 21.5. The zero-order valence-corrected chi connectivity index (χ0v) is 26.1. The minimum absolute atomic E-state index is 0.0130. The highest BCUT2D eigenvalue weighted by Gasteiger charge is 2.49. The Morgan fingerprint density at radius 2 is 2.13 bits per heavy atom. The van der Waals surface area contributed by atoms with Gasteiger partial charge in [0.1, 0.15) is 47.6 Å². The van der Waals surface area contributed by atoms with Crippen molar-refractivity contribution in [1.29, 1.82) is 5.26 Å². The smallest absolute Gasteiger partial charge is 0.319 e. The van der Waals surface area contributed by atoms with Crippen molar-refractivity contribution in [3.05, 3.63) is 34.4 Å². The van der Waals surface area contributed by atoms with Crippen LogP contribution < -0.4 is 20.1 Å². The average Bonchev–Trinajstić information content (AvgIpc) is 3.61. The first-order valence-corrected chi connectivity index (χ1v) is 16.0. The van der Waals surface area contributed by atoms with Crippen molar-refractivity contribution >= 4 is 54.7 Å². The van der Waals surface area contributed by atoms with E-state index >= 15 is 4.39 Å². The molecule has 236 valence electrons. The number of hydrogen-bond donors (Lipinski definition) is 2. The van der Waals surface area contributed by atoms with E-state index in [1.807, 2.05) is 13.0 Å². The predicted molar refractivity (Wildman–Crippen MR) is 167 cm³/mol. The normalized spacial score (nSPS) is 23.6. The molecule has 3 aliphatic rings. The predicted octanol–water partition coefficient (Wildman–Crippen LogP) is 5.82. The van der Waals surface area contributed by atoms with Crippen LogP contribution in [0.15, 0.2) is 12.1 Å². The quantitative estimate of drug-likeness (QED) is 0.264. The molecule has 0 amide bonds. The van der Waals surface area contributed by atoms with E-state index < -0.39 is 29.4 Å². The van der Waals surface area contributed by atoms with Gasteiger partial charge in [0.15, 0.2) is 11.6 Å². The van der Waals surface area contributed by atoms with Gasteiger partial charge in [0.2, 0.25) is 0 Å². The number of halogens is 4. The summed E-state index contributed by atoms with van der Waals surface area (Å²) < 4.78 is 58.8. The number of nitrogen functional groups attached to an aromatic ring is 1. The molecule has 5 heterocycles. The third-order valence-corrected chi connectivity index (χ3v) is 10.5. The largest absolute Gasteiger partial charge is 0.489 e. The average molecular weight is 659 g/mol. The number of aromatic nitrogens is 2. The second-order valence-corrected chi connectivity index (χ2v) is 13.6. The van der Waals surface area contributed by atoms with Crippen molar-refractivity contribution in [1.82, 2.24) is 14.9 Å². The number of hydrogen-bond acceptors (Lipinski definition) is 10. The van der Waals surface area contributed by atoms with Crippen molar-refractivity contribution in [3.63, 3.8) is 0 Å². The van der Waals surface area contributed by atoms with Crippen molar-refractivity contribution in [3.8, 4) is 29.0 Å². The standard InChI is InChI=1S/C31H30ClF3N6O3S/c1-14-12-43-26-22-25(24(35)21(23(26)32)17-4-5-19(34)27-20(17)18(9-36)28(37)45-27)38-30(39-29(22)41(14)10-15(2)42)44-13-31-6-3-7-40(31)11-16(33)8-31/h4-5,14-16,42H,3,6-8,10-13,37H2,1-2H3/t14-,15+,16+,31-/m0/s1. The summed E-state index contributed by atoms with van der Waals surface area (Å²) in [7, 11) is 0. The number of nitriles is 1. The number of thiophene rings is 1. The van der Waals surface area contributed by atoms with E-state index in [0.29, 0.717) is 13.0 Å². The van der Waals surface area contributed by atoms with Gasteiger partial charge in [-0.2, -0.15) is 15.2 Å². The summed E-state index contributed by atoms with van der Waals surface area (Å²) in [6, 6.07) is 4.09. The summed E-state index contributed by atoms with van der Waals surface area (Å²) in [5, 5.41) is 20.6. The van der Waals surface area contributed by atoms with E-state index in [1.165, 1.54) is 12.1 Å². The number of fused-ring (bicyclic) bond motifs is 2. The minimum atomic E-state index is -0.961. The van der Waals surface area contributed by atoms with Crippen LogP contribution >= 0.6 is 22.9 Å². The third kappa shape index (κ3) is 4.72. The SMILES string of the molecule is C[C@@H](O)CN1c2nc(OC[C@@]34CCCN3C[C@H](F)C4)nc3c(F)c(-c4ccc(F)c5sc(N)c(C#N)c45)c(Cl)c(c23)OC[C@@H]1C. The fourth-order valence-electron chi connectivity index (χ4n) is 7.09. The maximum absolute atomic E-state index is 17.0. The molecular weight excluding hydrogens is 629 g/mol. The van der Waals surface area contributed by atoms with Gasteiger partial charge in [-0.3, -0.25) is 4.90 Å². The highest BCUT2D eigenvalue weighted by molar-refractivity contribution is 7.23. The molecule has 0 spiro atoms. The molecule has 14 heteroatoms. The van der Waals surface area contributed by atoms with Gasteiger partial charge >= 0.3 is 6.01 Å². The molecule has 4 atom stereocenters. The number of β-amino-alcohol motifs (C(OH)–C–C–N with tert-alkyl or cyclic N) is 1. The molecule has 2 saturated heterocycles. The number of rotatable bonds is 6. The first kappa shape index (κ1) is 30.1. The number of ether oxygens (including phenoxy) is 2. The van der Waals surface area contributed by atoms with Crippen LogP contribution in [0.25, 0.3) is 32.1 Å². The molecule has 0 bridgehead atoms. The Balaban J connectivity index is 1.46. The molecule has 0 saturated carbocycles. The molecule has 45 heavy (non-hydrogen) atoms. The Hall–Kier alpha value is -3.57. The molecule has 3 N–H and O–H groups in total. The maximum atomic E-state index is 17.0. The Kier molecular flexibility index (Phi) is 7.39. The molecule has 0 aliphatic carbocycles. The number of anilines is 2. The first-order valence-electron chi connectivity index (χ1n) is 14.8. The van der Waals surface area contributed by atoms with Gasteiger partial charge in [-0.05, 0) is 44.9 Å². The monoisotopic (exact) mass is 658 g/mol. The van der Waals surface area contributed by atoms with Gasteiger partial charge in [-0.25, -0.2) is 13.2 Å². The van der Waals surface area contributed by atoms with Crippen molar-refractivity contribution in [2.24, 2.45) is 0 Å². The molecule has 0 radical (unpaired) electrons. The van der Waals surface area contributed by atoms with Gasteiger partial charge in [-0.15, -0.1) is 11.3 Å². The van der Waals surface area contributed by atoms with Crippen LogP contribution in [0.3, 0.4) is 0 Å². The van der Waals surface area contributed by atoms with Crippen LogP contribution in [0.1, 0.15) is 38.7 Å². The number of nitrogens with zero attached hydrogens (tertiary/aromatic N) is 5. The molecule has 7 rings (SSSR count). The molecule has 9 nitrogen and oxygen atoms in total. The zero-order chi connectivity index (χ0) is 31.8. The number of alkyl halides is 1. The lowest BCUT2D eigenvalue weighted by atomic mass is 9.95. The molecule has 0 unspecified atom stereocenters. The Morgan fingerprint density at radius 1 is 1.33 bits per heavy atom. The number of benzene rings is 2. The fourth-order valence-corrected chi connectivity index (χ4v) is 8.37. The summed E-state index contributed by atoms with van der Waals surface area (Å²) in [6.07, 6.45) is 0.278. The highest BCUT2D eigenvalue weighted by atomic mass is 35.5. The summed E-state index contributed by atoms with van der Waals surface area (Å²) in [4.78, 5) is 13.1. The summed E-state index contributed by atoms with van der Waals surface area (Å²) in [5.41, 5.74) is 5.43. The Morgan fingerprint density at radius 3 is 2.89 bits per heavy atom. The van der Waals surface area contributed by atoms with E-state index in [0.717, 1.165) is 30.7 Å². The van der Waals surface area contributed by atoms with Crippen molar-refractivity contribution in [2.75, 3.05) is 43.5 Å². The molecule has 2 aromatic heterocycles. The highest BCUT2D eigenvalue weighted by Crippen LogP contribution is 2.51. The van der Waals surface area contributed by atoms with Crippen LogP contribution in [0, 0.1) is 23.0 Å². The summed E-state index contributed by atoms with van der Waals surface area (Å²) in [6.45, 7) is 5.00. The minimum Gasteiger partial charge on any atom is -0.489 e. The second-order valence-electron chi connectivity index (χ2n) is 12.2. The lowest BCUT2D eigenvalue weighted by molar-refractivity contribution is 0.107. The van der Waals surface area contributed by atoms with Crippen LogP contribution in [0.2, 0.25) is 5.02 Å². The zero-order valence-electron chi connectivity index (χ0n) is 24.5. The van der Waals surface area contributed by atoms with Gasteiger partial charge in [-0.1, -0.05) is 17.7 Å². The van der Waals surface area contributed by atoms with Crippen molar-refractivity contribution < 1.29 is 27.8 Å². The summed E-state index contributed by atoms with van der Waals surface area (Å²) in [5.74, 6) is -1.08. The Bertz CT molecular complexity index is 1900. The topological polar surface area (TPSA) is 121 Å². The van der Waals surface area contributed by atoms with Gasteiger partial charge in [0.25, 0.3) is 0 Å². The fraction of sp³-hybridized carbons (Fsp3) is 0.452. The Labute approximate surface area is 265 Å². The van der Waals surface area contributed by atoms with Gasteiger partial charge < -0.3 is 25.2 Å². The van der Waals surface area contributed by atoms with E-state index in [4.69, 9.17) is 31.8 Å². The van der Waals surface area contributed by atoms with E-state index in [9.17, 15) is 19.1 Å². The maximum Gasteiger partial charge on any atom is 0.319 e. The lowest BCUT2D eigenvalue weighted by Gasteiger charge is -2.31. The molecule has 2 aromatic carbocycles. The van der Waals surface area contributed by atoms with Crippen LogP contribution in [-0.4, -0.2) is 76.7 Å². The van der Waals surface area contributed by atoms with Crippen LogP contribution in [-0.2, 0) is 0 Å². The molecular formula is C31H30ClF3N6O3S. The summed E-state index contributed by atoms with van der Waals surface area (Å²) >= 11 is 7.84. The van der Waals surface area contributed by atoms with Crippen LogP contribution in [0.4, 0.5) is 24.0 Å². The van der Waals surface area contributed by atoms with E-state index in [1.54, 1.807) is 11.8 Å². The molecule has 4 aromatic rings. The van der Waals surface area contributed by atoms with Crippen molar-refractivity contribution in [2.45, 2.75) is 57.0 Å².